The van der Waals surface area contributed by atoms with E-state index in [9.17, 15) is 19.4 Å². The van der Waals surface area contributed by atoms with E-state index >= 15 is 0 Å². The molecule has 1 amide bonds. The number of aliphatic hydroxyl groups is 1. The van der Waals surface area contributed by atoms with E-state index in [1.54, 1.807) is 6.08 Å². The summed E-state index contributed by atoms with van der Waals surface area (Å²) in [6.07, 6.45) is 77.7. The van der Waals surface area contributed by atoms with Gasteiger partial charge in [-0.05, 0) is 77.0 Å². The summed E-state index contributed by atoms with van der Waals surface area (Å²) in [5.74, 6) is -0.203. The van der Waals surface area contributed by atoms with Crippen LogP contribution in [0.5, 0.6) is 0 Å². The van der Waals surface area contributed by atoms with Gasteiger partial charge in [-0.15, -0.1) is 0 Å². The van der Waals surface area contributed by atoms with E-state index in [4.69, 9.17) is 9.05 Å². The molecule has 0 saturated carbocycles. The number of hydrogen-bond acceptors (Lipinski definition) is 6. The van der Waals surface area contributed by atoms with Gasteiger partial charge in [0.1, 0.15) is 13.2 Å². The molecule has 0 aliphatic heterocycles. The summed E-state index contributed by atoms with van der Waals surface area (Å²) in [7, 11) is 1.25. The van der Waals surface area contributed by atoms with Crippen LogP contribution in [-0.4, -0.2) is 68.5 Å². The van der Waals surface area contributed by atoms with Crippen molar-refractivity contribution in [1.29, 1.82) is 0 Å². The third-order valence-electron chi connectivity index (χ3n) is 13.0. The second-order valence-corrected chi connectivity index (χ2v) is 22.7. The number of allylic oxidation sites excluding steroid dienone is 15. The number of amides is 1. The summed E-state index contributed by atoms with van der Waals surface area (Å²) in [4.78, 5) is 25.5. The molecular weight excluding hydrogens is 924 g/mol. The molecule has 0 bridgehead atoms. The van der Waals surface area contributed by atoms with Crippen LogP contribution in [0.25, 0.3) is 0 Å². The molecule has 3 unspecified atom stereocenters. The fourth-order valence-electron chi connectivity index (χ4n) is 8.37. The number of phosphoric acid groups is 1. The van der Waals surface area contributed by atoms with Crippen LogP contribution in [0.15, 0.2) is 97.2 Å². The number of rotatable bonds is 54. The first-order valence-electron chi connectivity index (χ1n) is 30.1. The molecule has 0 rings (SSSR count). The maximum Gasteiger partial charge on any atom is 0.268 e. The number of hydrogen-bond donors (Lipinski definition) is 2. The molecule has 0 aliphatic carbocycles. The van der Waals surface area contributed by atoms with Gasteiger partial charge < -0.3 is 28.8 Å². The Kier molecular flexibility index (Phi) is 52.3. The van der Waals surface area contributed by atoms with Crippen molar-refractivity contribution < 1.29 is 32.9 Å². The molecule has 0 aliphatic rings. The van der Waals surface area contributed by atoms with Crippen molar-refractivity contribution in [3.05, 3.63) is 97.2 Å². The van der Waals surface area contributed by atoms with Crippen molar-refractivity contribution in [2.45, 2.75) is 264 Å². The van der Waals surface area contributed by atoms with Gasteiger partial charge in [0.25, 0.3) is 7.82 Å². The van der Waals surface area contributed by atoms with E-state index in [1.807, 2.05) is 27.2 Å². The van der Waals surface area contributed by atoms with Gasteiger partial charge in [-0.2, -0.15) is 0 Å². The van der Waals surface area contributed by atoms with Crippen LogP contribution in [0.1, 0.15) is 251 Å². The molecular formula is C64H115N2O6P. The minimum absolute atomic E-state index is 0.00515. The number of likely N-dealkylation sites (N-methyl/N-ethyl adjacent to an activating group) is 1. The normalized spacial score (nSPS) is 14.6. The minimum Gasteiger partial charge on any atom is -0.756 e. The lowest BCUT2D eigenvalue weighted by molar-refractivity contribution is -0.870. The topological polar surface area (TPSA) is 108 Å². The largest absolute Gasteiger partial charge is 0.756 e. The van der Waals surface area contributed by atoms with Crippen LogP contribution in [0.2, 0.25) is 0 Å². The van der Waals surface area contributed by atoms with Crippen molar-refractivity contribution in [1.82, 2.24) is 5.32 Å². The van der Waals surface area contributed by atoms with Crippen LogP contribution < -0.4 is 10.2 Å². The van der Waals surface area contributed by atoms with Gasteiger partial charge >= 0.3 is 0 Å². The predicted octanol–water partition coefficient (Wildman–Crippen LogP) is 18.0. The lowest BCUT2D eigenvalue weighted by Gasteiger charge is -2.29. The summed E-state index contributed by atoms with van der Waals surface area (Å²) in [5, 5.41) is 13.9. The summed E-state index contributed by atoms with van der Waals surface area (Å²) in [6, 6.07) is -0.894. The second-order valence-electron chi connectivity index (χ2n) is 21.3. The highest BCUT2D eigenvalue weighted by atomic mass is 31.2. The molecule has 0 fully saturated rings. The summed E-state index contributed by atoms with van der Waals surface area (Å²) >= 11 is 0. The molecule has 2 N–H and O–H groups in total. The van der Waals surface area contributed by atoms with Crippen LogP contribution >= 0.6 is 7.82 Å². The number of phosphoric ester groups is 1. The Balaban J connectivity index is 4.17. The Bertz CT molecular complexity index is 1510. The molecule has 9 heteroatoms. The zero-order valence-electron chi connectivity index (χ0n) is 48.1. The number of nitrogens with zero attached hydrogens (tertiary/aromatic N) is 1. The molecule has 0 spiro atoms. The van der Waals surface area contributed by atoms with Crippen LogP contribution in [0, 0.1) is 0 Å². The molecule has 0 aromatic rings. The number of aliphatic hydroxyl groups excluding tert-OH is 1. The second kappa shape index (κ2) is 54.2. The molecule has 0 aromatic heterocycles. The Morgan fingerprint density at radius 1 is 0.493 bits per heavy atom. The quantitative estimate of drug-likeness (QED) is 0.0272. The van der Waals surface area contributed by atoms with Gasteiger partial charge in [0.05, 0.1) is 39.9 Å². The van der Waals surface area contributed by atoms with Crippen molar-refractivity contribution in [2.24, 2.45) is 0 Å². The fourth-order valence-corrected chi connectivity index (χ4v) is 9.09. The lowest BCUT2D eigenvalue weighted by Crippen LogP contribution is -2.45. The summed E-state index contributed by atoms with van der Waals surface area (Å²) < 4.78 is 23.4. The van der Waals surface area contributed by atoms with Crippen molar-refractivity contribution >= 4 is 13.7 Å². The third kappa shape index (κ3) is 57.0. The first-order valence-corrected chi connectivity index (χ1v) is 31.6. The highest BCUT2D eigenvalue weighted by Crippen LogP contribution is 2.38. The van der Waals surface area contributed by atoms with Gasteiger partial charge in [0, 0.05) is 6.42 Å². The van der Waals surface area contributed by atoms with Gasteiger partial charge in [-0.1, -0.05) is 265 Å². The predicted molar refractivity (Wildman–Crippen MR) is 316 cm³/mol. The third-order valence-corrected chi connectivity index (χ3v) is 14.0. The Labute approximate surface area is 451 Å². The molecule has 0 aromatic carbocycles. The maximum absolute atomic E-state index is 13.0. The van der Waals surface area contributed by atoms with E-state index in [2.05, 4.69) is 104 Å². The smallest absolute Gasteiger partial charge is 0.268 e. The standard InChI is InChI=1S/C64H115N2O6P/c1-6-8-10-12-14-16-18-20-22-24-26-27-28-29-30-31-32-33-34-35-36-37-38-39-40-42-44-46-48-50-52-54-56-58-64(68)65-62(61-72-73(69,70)71-60-59-66(3,4)5)63(67)57-55-53-51-49-47-45-43-41-25-23-21-19-17-15-13-11-9-7-2/h8,10,14,16,20,22,26-27,29-30,32-33,35-36,55,57,62-63,67H,6-7,9,11-13,15,17-19,21,23-25,28,31,34,37-54,56,58-61H2,1-5H3,(H-,65,68,69,70)/b10-8-,16-14-,22-20-,27-26-,30-29-,33-32-,36-35-,57-55+. The maximum atomic E-state index is 13.0. The number of carbonyl (C=O) groups excluding carboxylic acids is 1. The van der Waals surface area contributed by atoms with Crippen molar-refractivity contribution in [2.75, 3.05) is 40.9 Å². The molecule has 0 saturated heterocycles. The number of carbonyl (C=O) groups is 1. The van der Waals surface area contributed by atoms with E-state index in [1.165, 1.54) is 148 Å². The van der Waals surface area contributed by atoms with Gasteiger partial charge in [0.2, 0.25) is 5.91 Å². The van der Waals surface area contributed by atoms with Crippen molar-refractivity contribution in [3.8, 4) is 0 Å². The molecule has 8 nitrogen and oxygen atoms in total. The van der Waals surface area contributed by atoms with E-state index in [0.717, 1.165) is 83.5 Å². The monoisotopic (exact) mass is 1040 g/mol. The SMILES string of the molecule is CC/C=C\C/C=C\C/C=C\C/C=C\C/C=C\C/C=C\C/C=C\CCCCCCCCCCCCCC(=O)NC(COP(=O)([O-])OCC[N+](C)(C)C)C(O)/C=C/CCCCCCCCCCCCCCCCCC. The summed E-state index contributed by atoms with van der Waals surface area (Å²) in [6.45, 7) is 4.54. The first-order chi connectivity index (χ1) is 35.5. The van der Waals surface area contributed by atoms with E-state index in [0.29, 0.717) is 17.4 Å². The van der Waals surface area contributed by atoms with Crippen molar-refractivity contribution in [3.63, 3.8) is 0 Å². The highest BCUT2D eigenvalue weighted by molar-refractivity contribution is 7.45. The fraction of sp³-hybridized carbons (Fsp3) is 0.734. The van der Waals surface area contributed by atoms with E-state index in [-0.39, 0.29) is 19.1 Å². The average Bonchev–Trinajstić information content (AvgIpc) is 3.35. The molecule has 0 heterocycles. The van der Waals surface area contributed by atoms with Gasteiger partial charge in [0.15, 0.2) is 0 Å². The molecule has 422 valence electrons. The zero-order chi connectivity index (χ0) is 53.5. The number of quaternary nitrogens is 1. The van der Waals surface area contributed by atoms with Gasteiger partial charge in [-0.3, -0.25) is 9.36 Å². The highest BCUT2D eigenvalue weighted by Gasteiger charge is 2.23. The average molecular weight is 1040 g/mol. The zero-order valence-corrected chi connectivity index (χ0v) is 49.0. The lowest BCUT2D eigenvalue weighted by atomic mass is 10.0. The summed E-state index contributed by atoms with van der Waals surface area (Å²) in [5.41, 5.74) is 0. The number of unbranched alkanes of at least 4 members (excludes halogenated alkanes) is 27. The Morgan fingerprint density at radius 3 is 1.22 bits per heavy atom. The minimum atomic E-state index is -4.60. The van der Waals surface area contributed by atoms with E-state index < -0.39 is 20.0 Å². The van der Waals surface area contributed by atoms with Gasteiger partial charge in [-0.25, -0.2) is 0 Å². The van der Waals surface area contributed by atoms with Crippen LogP contribution in [-0.2, 0) is 18.4 Å². The molecule has 0 radical (unpaired) electrons. The molecule has 3 atom stereocenters. The van der Waals surface area contributed by atoms with Crippen LogP contribution in [0.3, 0.4) is 0 Å². The Morgan fingerprint density at radius 2 is 0.836 bits per heavy atom. The Hall–Kier alpha value is -2.58. The first kappa shape index (κ1) is 70.4. The van der Waals surface area contributed by atoms with Crippen LogP contribution in [0.4, 0.5) is 0 Å². The molecule has 73 heavy (non-hydrogen) atoms. The number of nitrogens with one attached hydrogen (secondary N) is 1.